The van der Waals surface area contributed by atoms with Crippen LogP contribution in [0.5, 0.6) is 0 Å². The van der Waals surface area contributed by atoms with Crippen molar-refractivity contribution < 1.29 is 0 Å². The molecule has 0 saturated carbocycles. The van der Waals surface area contributed by atoms with Crippen LogP contribution in [0.2, 0.25) is 0 Å². The molecule has 0 saturated heterocycles. The van der Waals surface area contributed by atoms with Crippen LogP contribution in [0.3, 0.4) is 0 Å². The summed E-state index contributed by atoms with van der Waals surface area (Å²) < 4.78 is 1.16. The molecule has 1 nitrogen and oxygen atoms in total. The maximum absolute atomic E-state index is 3.65. The second-order valence-corrected chi connectivity index (χ2v) is 6.04. The van der Waals surface area contributed by atoms with E-state index in [-0.39, 0.29) is 0 Å². The molecule has 0 aliphatic rings. The first kappa shape index (κ1) is 14.4. The molecule has 0 aliphatic heterocycles. The topological polar surface area (TPSA) is 12.0 Å². The number of hydrogen-bond acceptors (Lipinski definition) is 1. The van der Waals surface area contributed by atoms with E-state index in [0.717, 1.165) is 4.47 Å². The molecule has 0 spiro atoms. The predicted molar refractivity (Wildman–Crippen MR) is 88.9 cm³/mol. The van der Waals surface area contributed by atoms with E-state index in [4.69, 9.17) is 0 Å². The van der Waals surface area contributed by atoms with Crippen LogP contribution in [0, 0.1) is 0 Å². The zero-order valence-corrected chi connectivity index (χ0v) is 13.3. The largest absolute Gasteiger partial charge is 0.382 e. The third-order valence-corrected chi connectivity index (χ3v) is 4.20. The van der Waals surface area contributed by atoms with Crippen molar-refractivity contribution in [2.24, 2.45) is 0 Å². The maximum Gasteiger partial charge on any atom is 0.0422 e. The van der Waals surface area contributed by atoms with Crippen molar-refractivity contribution in [3.05, 3.63) is 40.9 Å². The van der Waals surface area contributed by atoms with Crippen molar-refractivity contribution in [3.8, 4) is 0 Å². The van der Waals surface area contributed by atoms with Gasteiger partial charge in [0.1, 0.15) is 0 Å². The Kier molecular flexibility index (Phi) is 5.26. The zero-order chi connectivity index (χ0) is 13.7. The molecule has 0 radical (unpaired) electrons. The van der Waals surface area contributed by atoms with E-state index in [9.17, 15) is 0 Å². The highest BCUT2D eigenvalue weighted by Gasteiger charge is 2.06. The summed E-state index contributed by atoms with van der Waals surface area (Å²) in [6.07, 6.45) is 5.15. The van der Waals surface area contributed by atoms with Gasteiger partial charge in [-0.1, -0.05) is 66.4 Å². The molecule has 0 fully saturated rings. The number of fused-ring (bicyclic) bond motifs is 1. The highest BCUT2D eigenvalue weighted by atomic mass is 79.9. The van der Waals surface area contributed by atoms with Gasteiger partial charge in [-0.05, 0) is 30.9 Å². The van der Waals surface area contributed by atoms with Crippen LogP contribution in [0.1, 0.15) is 39.5 Å². The molecule has 1 N–H and O–H groups in total. The van der Waals surface area contributed by atoms with Gasteiger partial charge in [-0.15, -0.1) is 0 Å². The summed E-state index contributed by atoms with van der Waals surface area (Å²) in [5.74, 6) is 0. The Labute approximate surface area is 124 Å². The number of hydrogen-bond donors (Lipinski definition) is 1. The van der Waals surface area contributed by atoms with Gasteiger partial charge in [0.05, 0.1) is 0 Å². The van der Waals surface area contributed by atoms with Gasteiger partial charge in [0, 0.05) is 21.6 Å². The Hall–Kier alpha value is -1.02. The monoisotopic (exact) mass is 319 g/mol. The Bertz CT molecular complexity index is 536. The minimum atomic E-state index is 0.524. The van der Waals surface area contributed by atoms with Crippen LogP contribution in [0.4, 0.5) is 5.69 Å². The molecule has 0 aliphatic carbocycles. The average Bonchev–Trinajstić information content (AvgIpc) is 2.43. The quantitative estimate of drug-likeness (QED) is 0.645. The lowest BCUT2D eigenvalue weighted by atomic mass is 10.1. The highest BCUT2D eigenvalue weighted by molar-refractivity contribution is 9.10. The lowest BCUT2D eigenvalue weighted by molar-refractivity contribution is 0.615. The van der Waals surface area contributed by atoms with Crippen LogP contribution in [0.15, 0.2) is 40.9 Å². The van der Waals surface area contributed by atoms with Crippen molar-refractivity contribution >= 4 is 32.4 Å². The maximum atomic E-state index is 3.65. The molecular formula is C17H22BrN. The van der Waals surface area contributed by atoms with Gasteiger partial charge in [0.2, 0.25) is 0 Å². The van der Waals surface area contributed by atoms with Crippen LogP contribution >= 0.6 is 15.9 Å². The van der Waals surface area contributed by atoms with Gasteiger partial charge in [-0.25, -0.2) is 0 Å². The second-order valence-electron chi connectivity index (χ2n) is 5.18. The van der Waals surface area contributed by atoms with Crippen LogP contribution < -0.4 is 5.32 Å². The Balaban J connectivity index is 2.14. The SMILES string of the molecule is CCCCCC(C)Nc1ccc(Br)c2ccccc12. The van der Waals surface area contributed by atoms with Crippen molar-refractivity contribution in [2.75, 3.05) is 5.32 Å². The van der Waals surface area contributed by atoms with Crippen molar-refractivity contribution in [3.63, 3.8) is 0 Å². The molecule has 2 aromatic carbocycles. The van der Waals surface area contributed by atoms with Gasteiger partial charge >= 0.3 is 0 Å². The molecule has 0 aromatic heterocycles. The minimum Gasteiger partial charge on any atom is -0.382 e. The third-order valence-electron chi connectivity index (χ3n) is 3.51. The summed E-state index contributed by atoms with van der Waals surface area (Å²) in [5, 5.41) is 6.21. The summed E-state index contributed by atoms with van der Waals surface area (Å²) in [6, 6.07) is 13.3. The third kappa shape index (κ3) is 3.73. The van der Waals surface area contributed by atoms with Gasteiger partial charge in [-0.3, -0.25) is 0 Å². The fraction of sp³-hybridized carbons (Fsp3) is 0.412. The first-order valence-electron chi connectivity index (χ1n) is 7.16. The molecule has 0 amide bonds. The fourth-order valence-corrected chi connectivity index (χ4v) is 2.90. The Morgan fingerprint density at radius 2 is 1.79 bits per heavy atom. The lowest BCUT2D eigenvalue weighted by Crippen LogP contribution is -2.15. The summed E-state index contributed by atoms with van der Waals surface area (Å²) in [6.45, 7) is 4.52. The molecule has 2 heteroatoms. The van der Waals surface area contributed by atoms with Gasteiger partial charge < -0.3 is 5.32 Å². The molecule has 19 heavy (non-hydrogen) atoms. The van der Waals surface area contributed by atoms with E-state index in [0.29, 0.717) is 6.04 Å². The van der Waals surface area contributed by atoms with Crippen LogP contribution in [-0.2, 0) is 0 Å². The van der Waals surface area contributed by atoms with Gasteiger partial charge in [-0.2, -0.15) is 0 Å². The van der Waals surface area contributed by atoms with E-state index in [1.165, 1.54) is 42.1 Å². The zero-order valence-electron chi connectivity index (χ0n) is 11.7. The molecule has 0 bridgehead atoms. The first-order valence-corrected chi connectivity index (χ1v) is 7.95. The molecular weight excluding hydrogens is 298 g/mol. The summed E-state index contributed by atoms with van der Waals surface area (Å²) in [4.78, 5) is 0. The van der Waals surface area contributed by atoms with E-state index >= 15 is 0 Å². The number of unbranched alkanes of at least 4 members (excludes halogenated alkanes) is 2. The van der Waals surface area contributed by atoms with E-state index in [2.05, 4.69) is 71.5 Å². The minimum absolute atomic E-state index is 0.524. The van der Waals surface area contributed by atoms with E-state index in [1.54, 1.807) is 0 Å². The molecule has 2 rings (SSSR count). The second kappa shape index (κ2) is 6.95. The molecule has 1 atom stereocenters. The molecule has 1 unspecified atom stereocenters. The van der Waals surface area contributed by atoms with Crippen LogP contribution in [0.25, 0.3) is 10.8 Å². The lowest BCUT2D eigenvalue weighted by Gasteiger charge is -2.17. The smallest absolute Gasteiger partial charge is 0.0422 e. The molecule has 2 aromatic rings. The first-order chi connectivity index (χ1) is 9.22. The van der Waals surface area contributed by atoms with Crippen molar-refractivity contribution in [2.45, 2.75) is 45.6 Å². The Morgan fingerprint density at radius 1 is 1.05 bits per heavy atom. The van der Waals surface area contributed by atoms with Crippen molar-refractivity contribution in [1.29, 1.82) is 0 Å². The summed E-state index contributed by atoms with van der Waals surface area (Å²) >= 11 is 3.62. The Morgan fingerprint density at radius 3 is 2.53 bits per heavy atom. The summed E-state index contributed by atoms with van der Waals surface area (Å²) in [5.41, 5.74) is 1.24. The standard InChI is InChI=1S/C17H22BrN/c1-3-4-5-8-13(2)19-17-12-11-16(18)14-9-6-7-10-15(14)17/h6-7,9-13,19H,3-5,8H2,1-2H3. The summed E-state index contributed by atoms with van der Waals surface area (Å²) in [7, 11) is 0. The molecule has 102 valence electrons. The normalized spacial score (nSPS) is 12.6. The number of anilines is 1. The fourth-order valence-electron chi connectivity index (χ4n) is 2.43. The highest BCUT2D eigenvalue weighted by Crippen LogP contribution is 2.30. The van der Waals surface area contributed by atoms with Crippen LogP contribution in [-0.4, -0.2) is 6.04 Å². The number of nitrogens with one attached hydrogen (secondary N) is 1. The van der Waals surface area contributed by atoms with Gasteiger partial charge in [0.25, 0.3) is 0 Å². The average molecular weight is 320 g/mol. The van der Waals surface area contributed by atoms with E-state index in [1.807, 2.05) is 0 Å². The number of rotatable bonds is 6. The number of benzene rings is 2. The predicted octanol–water partition coefficient (Wildman–Crippen LogP) is 5.98. The number of halogens is 1. The van der Waals surface area contributed by atoms with E-state index < -0.39 is 0 Å². The van der Waals surface area contributed by atoms with Crippen molar-refractivity contribution in [1.82, 2.24) is 0 Å². The van der Waals surface area contributed by atoms with Gasteiger partial charge in [0.15, 0.2) is 0 Å². The molecule has 0 heterocycles.